The topological polar surface area (TPSA) is 84.2 Å². The van der Waals surface area contributed by atoms with E-state index in [1.54, 1.807) is 19.8 Å². The van der Waals surface area contributed by atoms with Crippen LogP contribution in [0.4, 0.5) is 26.3 Å². The average molecular weight is 497 g/mol. The van der Waals surface area contributed by atoms with Crippen LogP contribution in [0.1, 0.15) is 29.8 Å². The van der Waals surface area contributed by atoms with Crippen molar-refractivity contribution in [2.24, 2.45) is 0 Å². The Morgan fingerprint density at radius 1 is 1.09 bits per heavy atom. The lowest BCUT2D eigenvalue weighted by molar-refractivity contribution is -0.343. The van der Waals surface area contributed by atoms with Crippen molar-refractivity contribution in [3.8, 4) is 17.5 Å². The molecule has 0 saturated carbocycles. The average Bonchev–Trinajstić information content (AvgIpc) is 2.76. The Kier molecular flexibility index (Phi) is 6.68. The Balaban J connectivity index is 2.19. The van der Waals surface area contributed by atoms with Crippen LogP contribution in [-0.2, 0) is 0 Å². The number of pyridine rings is 2. The van der Waals surface area contributed by atoms with E-state index in [0.717, 1.165) is 18.1 Å². The second kappa shape index (κ2) is 9.07. The number of carbonyl (C=O) groups excluding carboxylic acids is 1. The molecular weight excluding hydrogens is 480 g/mol. The number of nitrogens with one attached hydrogen (secondary N) is 1. The summed E-state index contributed by atoms with van der Waals surface area (Å²) < 4.78 is 78.8. The normalized spacial score (nSPS) is 12.4. The molecule has 0 bridgehead atoms. The maximum atomic E-state index is 12.9. The fourth-order valence-electron chi connectivity index (χ4n) is 3.06. The molecule has 35 heavy (non-hydrogen) atoms. The van der Waals surface area contributed by atoms with Gasteiger partial charge in [0.1, 0.15) is 11.2 Å². The van der Waals surface area contributed by atoms with Gasteiger partial charge in [-0.3, -0.25) is 9.59 Å². The van der Waals surface area contributed by atoms with Crippen LogP contribution in [0.5, 0.6) is 0 Å². The van der Waals surface area contributed by atoms with Gasteiger partial charge in [-0.25, -0.2) is 4.98 Å². The first-order valence-corrected chi connectivity index (χ1v) is 9.96. The molecule has 0 aliphatic rings. The van der Waals surface area contributed by atoms with Crippen LogP contribution in [0.2, 0.25) is 0 Å². The number of rotatable bonds is 3. The number of aliphatic hydroxyl groups is 1. The third kappa shape index (κ3) is 5.00. The summed E-state index contributed by atoms with van der Waals surface area (Å²) in [6.45, 7) is 3.37. The van der Waals surface area contributed by atoms with E-state index < -0.39 is 29.3 Å². The van der Waals surface area contributed by atoms with Crippen LogP contribution in [0.15, 0.2) is 53.6 Å². The Labute approximate surface area is 194 Å². The predicted molar refractivity (Wildman–Crippen MR) is 114 cm³/mol. The highest BCUT2D eigenvalue weighted by molar-refractivity contribution is 5.97. The van der Waals surface area contributed by atoms with Crippen molar-refractivity contribution in [2.75, 3.05) is 0 Å². The van der Waals surface area contributed by atoms with Crippen LogP contribution in [0, 0.1) is 11.8 Å². The molecule has 2 heterocycles. The molecule has 3 aromatic rings. The van der Waals surface area contributed by atoms with Crippen LogP contribution in [0.3, 0.4) is 0 Å². The number of halogens is 6. The lowest BCUT2D eigenvalue weighted by Gasteiger charge is -2.27. The first-order valence-electron chi connectivity index (χ1n) is 9.96. The molecule has 0 fully saturated rings. The van der Waals surface area contributed by atoms with Crippen molar-refractivity contribution < 1.29 is 36.2 Å². The number of aromatic nitrogens is 2. The van der Waals surface area contributed by atoms with Gasteiger partial charge < -0.3 is 15.0 Å². The van der Waals surface area contributed by atoms with Crippen molar-refractivity contribution in [1.29, 1.82) is 0 Å². The minimum atomic E-state index is -6.09. The van der Waals surface area contributed by atoms with Gasteiger partial charge in [-0.1, -0.05) is 12.0 Å². The van der Waals surface area contributed by atoms with Gasteiger partial charge in [0, 0.05) is 29.7 Å². The van der Waals surface area contributed by atoms with Crippen molar-refractivity contribution in [3.05, 3.63) is 70.1 Å². The molecule has 1 amide bonds. The van der Waals surface area contributed by atoms with Crippen molar-refractivity contribution in [1.82, 2.24) is 14.9 Å². The van der Waals surface area contributed by atoms with Gasteiger partial charge in [-0.2, -0.15) is 26.3 Å². The molecule has 184 valence electrons. The summed E-state index contributed by atoms with van der Waals surface area (Å²) in [5, 5.41) is 11.9. The summed E-state index contributed by atoms with van der Waals surface area (Å²) in [4.78, 5) is 29.5. The summed E-state index contributed by atoms with van der Waals surface area (Å²) >= 11 is 0. The molecule has 0 spiro atoms. The Bertz CT molecular complexity index is 1380. The molecule has 0 atom stereocenters. The highest BCUT2D eigenvalue weighted by Gasteiger charge is 2.70. The van der Waals surface area contributed by atoms with Gasteiger partial charge in [0.15, 0.2) is 0 Å². The third-order valence-corrected chi connectivity index (χ3v) is 4.76. The molecule has 0 unspecified atom stereocenters. The minimum Gasteiger partial charge on any atom is -0.363 e. The second-order valence-electron chi connectivity index (χ2n) is 7.75. The number of alkyl halides is 6. The zero-order valence-electron chi connectivity index (χ0n) is 18.1. The Morgan fingerprint density at radius 3 is 2.34 bits per heavy atom. The summed E-state index contributed by atoms with van der Waals surface area (Å²) in [6, 6.07) is 7.57. The lowest BCUT2D eigenvalue weighted by Crippen LogP contribution is -2.55. The van der Waals surface area contributed by atoms with Crippen molar-refractivity contribution in [2.45, 2.75) is 37.8 Å². The predicted octanol–water partition coefficient (Wildman–Crippen LogP) is 3.73. The zero-order chi connectivity index (χ0) is 26.2. The maximum absolute atomic E-state index is 12.9. The molecule has 2 aromatic heterocycles. The van der Waals surface area contributed by atoms with E-state index >= 15 is 0 Å². The van der Waals surface area contributed by atoms with E-state index in [9.17, 15) is 41.0 Å². The monoisotopic (exact) mass is 497 g/mol. The molecule has 3 rings (SSSR count). The maximum Gasteiger partial charge on any atom is 0.438 e. The van der Waals surface area contributed by atoms with Gasteiger partial charge in [-0.05, 0) is 50.1 Å². The van der Waals surface area contributed by atoms with Gasteiger partial charge in [-0.15, -0.1) is 0 Å². The number of carbonyl (C=O) groups is 1. The molecular formula is C23H17F6N3O3. The van der Waals surface area contributed by atoms with E-state index in [-0.39, 0.29) is 33.9 Å². The number of hydrogen-bond acceptors (Lipinski definition) is 4. The molecule has 0 saturated heterocycles. The smallest absolute Gasteiger partial charge is 0.363 e. The number of fused-ring (bicyclic) bond motifs is 1. The first-order chi connectivity index (χ1) is 16.2. The number of benzene rings is 1. The standard InChI is InChI=1S/C23H17F6N3O3/c1-13(2)31-20(34)17-12-32(19-16(18(17)33)7-4-10-30-19)15-6-3-5-14(11-15)8-9-21(35,22(24,25)26)23(27,28)29/h3-7,10-13,35H,1-2H3,(H,31,34). The fraction of sp³-hybridized carbons (Fsp3) is 0.261. The van der Waals surface area contributed by atoms with E-state index in [1.165, 1.54) is 41.2 Å². The van der Waals surface area contributed by atoms with Crippen LogP contribution >= 0.6 is 0 Å². The Morgan fingerprint density at radius 2 is 1.74 bits per heavy atom. The van der Waals surface area contributed by atoms with Gasteiger partial charge in [0.2, 0.25) is 5.43 Å². The molecule has 12 heteroatoms. The molecule has 1 aromatic carbocycles. The molecule has 0 radical (unpaired) electrons. The molecule has 0 aliphatic heterocycles. The second-order valence-corrected chi connectivity index (χ2v) is 7.75. The van der Waals surface area contributed by atoms with Crippen molar-refractivity contribution in [3.63, 3.8) is 0 Å². The molecule has 2 N–H and O–H groups in total. The van der Waals surface area contributed by atoms with Crippen LogP contribution in [-0.4, -0.2) is 44.6 Å². The third-order valence-electron chi connectivity index (χ3n) is 4.76. The molecule has 6 nitrogen and oxygen atoms in total. The van der Waals surface area contributed by atoms with Crippen LogP contribution < -0.4 is 10.7 Å². The van der Waals surface area contributed by atoms with Crippen molar-refractivity contribution >= 4 is 16.9 Å². The summed E-state index contributed by atoms with van der Waals surface area (Å²) in [5.41, 5.74) is -6.17. The van der Waals surface area contributed by atoms with E-state index in [1.807, 2.05) is 0 Å². The summed E-state index contributed by atoms with van der Waals surface area (Å²) in [6.07, 6.45) is -9.65. The van der Waals surface area contributed by atoms with E-state index in [4.69, 9.17) is 0 Å². The summed E-state index contributed by atoms with van der Waals surface area (Å²) in [7, 11) is 0. The summed E-state index contributed by atoms with van der Waals surface area (Å²) in [5.74, 6) is 1.92. The first kappa shape index (κ1) is 25.8. The highest BCUT2D eigenvalue weighted by atomic mass is 19.4. The van der Waals surface area contributed by atoms with E-state index in [2.05, 4.69) is 10.3 Å². The van der Waals surface area contributed by atoms with Gasteiger partial charge in [0.05, 0.1) is 5.39 Å². The Hall–Kier alpha value is -3.85. The number of hydrogen-bond donors (Lipinski definition) is 2. The number of amides is 1. The van der Waals surface area contributed by atoms with E-state index in [0.29, 0.717) is 0 Å². The molecule has 0 aliphatic carbocycles. The SMILES string of the molecule is CC(C)NC(=O)c1cn(-c2cccc(C#CC(O)(C(F)(F)F)C(F)(F)F)c2)c2ncccc2c1=O. The van der Waals surface area contributed by atoms with Gasteiger partial charge in [0.25, 0.3) is 5.91 Å². The number of nitrogens with zero attached hydrogens (tertiary/aromatic N) is 2. The minimum absolute atomic E-state index is 0.0592. The fourth-order valence-corrected chi connectivity index (χ4v) is 3.06. The quantitative estimate of drug-likeness (QED) is 0.427. The highest BCUT2D eigenvalue weighted by Crippen LogP contribution is 2.42. The lowest BCUT2D eigenvalue weighted by atomic mass is 10.0. The largest absolute Gasteiger partial charge is 0.438 e. The van der Waals surface area contributed by atoms with Crippen LogP contribution in [0.25, 0.3) is 16.7 Å². The van der Waals surface area contributed by atoms with Gasteiger partial charge >= 0.3 is 18.0 Å². The zero-order valence-corrected chi connectivity index (χ0v) is 18.1.